The van der Waals surface area contributed by atoms with Gasteiger partial charge >= 0.3 is 0 Å². The highest BCUT2D eigenvalue weighted by Crippen LogP contribution is 2.29. The van der Waals surface area contributed by atoms with Gasteiger partial charge in [0.2, 0.25) is 15.9 Å². The smallest absolute Gasteiger partial charge is 0.238 e. The Balaban J connectivity index is 1.78. The molecular formula is C17H20FN3O3S. The lowest BCUT2D eigenvalue weighted by Gasteiger charge is -2.31. The lowest BCUT2D eigenvalue weighted by atomic mass is 9.96. The number of para-hydroxylation sites is 1. The molecule has 1 atom stereocenters. The number of rotatable bonds is 5. The van der Waals surface area contributed by atoms with Crippen LogP contribution >= 0.6 is 0 Å². The maximum atomic E-state index is 13.7. The molecule has 1 aliphatic heterocycles. The summed E-state index contributed by atoms with van der Waals surface area (Å²) in [6.07, 6.45) is 4.62. The predicted octanol–water partition coefficient (Wildman–Crippen LogP) is 2.94. The Bertz CT molecular complexity index is 845. The molecule has 8 heteroatoms. The van der Waals surface area contributed by atoms with Crippen LogP contribution in [0.1, 0.15) is 31.4 Å². The van der Waals surface area contributed by atoms with Gasteiger partial charge < -0.3 is 4.74 Å². The van der Waals surface area contributed by atoms with Gasteiger partial charge in [-0.2, -0.15) is 0 Å². The topological polar surface area (TPSA) is 72.4 Å². The van der Waals surface area contributed by atoms with Gasteiger partial charge in [0.05, 0.1) is 17.6 Å². The van der Waals surface area contributed by atoms with Gasteiger partial charge in [-0.3, -0.25) is 4.98 Å². The molecule has 1 aliphatic rings. The second kappa shape index (κ2) is 7.45. The van der Waals surface area contributed by atoms with E-state index < -0.39 is 15.8 Å². The van der Waals surface area contributed by atoms with E-state index in [1.54, 1.807) is 25.3 Å². The minimum absolute atomic E-state index is 0.0493. The molecule has 1 aromatic heterocycles. The number of nitrogens with zero attached hydrogens (tertiary/aromatic N) is 3. The highest BCUT2D eigenvalue weighted by atomic mass is 32.2. The molecule has 1 aromatic carbocycles. The Morgan fingerprint density at radius 3 is 2.88 bits per heavy atom. The highest BCUT2D eigenvalue weighted by molar-refractivity contribution is 7.89. The van der Waals surface area contributed by atoms with Crippen LogP contribution in [0.25, 0.3) is 0 Å². The summed E-state index contributed by atoms with van der Waals surface area (Å²) < 4.78 is 44.9. The number of sulfonamides is 1. The number of benzene rings is 1. The molecule has 0 bridgehead atoms. The van der Waals surface area contributed by atoms with Gasteiger partial charge in [-0.25, -0.2) is 22.1 Å². The second-order valence-corrected chi connectivity index (χ2v) is 8.17. The molecule has 25 heavy (non-hydrogen) atoms. The van der Waals surface area contributed by atoms with Crippen molar-refractivity contribution in [2.24, 2.45) is 0 Å². The van der Waals surface area contributed by atoms with Crippen LogP contribution in [0, 0.1) is 5.82 Å². The van der Waals surface area contributed by atoms with E-state index in [1.165, 1.54) is 22.6 Å². The molecule has 134 valence electrons. The van der Waals surface area contributed by atoms with Crippen molar-refractivity contribution in [3.63, 3.8) is 0 Å². The van der Waals surface area contributed by atoms with Crippen molar-refractivity contribution >= 4 is 10.0 Å². The number of ether oxygens (including phenoxy) is 1. The van der Waals surface area contributed by atoms with E-state index in [2.05, 4.69) is 9.97 Å². The standard InChI is InChI=1S/C17H20FN3O3S/c1-2-25(22,23)21-9-5-6-13(12-21)15-10-19-11-17(20-15)24-16-8-4-3-7-14(16)18/h3-4,7-8,10-11,13H,2,5-6,9,12H2,1H3. The van der Waals surface area contributed by atoms with Gasteiger partial charge in [-0.1, -0.05) is 12.1 Å². The third kappa shape index (κ3) is 4.13. The minimum Gasteiger partial charge on any atom is -0.434 e. The Morgan fingerprint density at radius 2 is 2.12 bits per heavy atom. The maximum absolute atomic E-state index is 13.7. The van der Waals surface area contributed by atoms with E-state index in [4.69, 9.17) is 4.74 Å². The van der Waals surface area contributed by atoms with Crippen molar-refractivity contribution in [3.05, 3.63) is 48.2 Å². The van der Waals surface area contributed by atoms with Gasteiger partial charge in [0.15, 0.2) is 11.6 Å². The molecule has 2 aromatic rings. The van der Waals surface area contributed by atoms with Gasteiger partial charge in [0.25, 0.3) is 0 Å². The van der Waals surface area contributed by atoms with Crippen molar-refractivity contribution in [1.29, 1.82) is 0 Å². The third-order valence-corrected chi connectivity index (χ3v) is 6.09. The fraction of sp³-hybridized carbons (Fsp3) is 0.412. The fourth-order valence-electron chi connectivity index (χ4n) is 2.87. The summed E-state index contributed by atoms with van der Waals surface area (Å²) in [6, 6.07) is 6.07. The number of aromatic nitrogens is 2. The van der Waals surface area contributed by atoms with E-state index >= 15 is 0 Å². The summed E-state index contributed by atoms with van der Waals surface area (Å²) in [4.78, 5) is 8.52. The summed E-state index contributed by atoms with van der Waals surface area (Å²) in [5.41, 5.74) is 0.657. The molecule has 6 nitrogen and oxygen atoms in total. The van der Waals surface area contributed by atoms with Crippen LogP contribution in [0.3, 0.4) is 0 Å². The van der Waals surface area contributed by atoms with Gasteiger partial charge in [0.1, 0.15) is 0 Å². The number of piperidine rings is 1. The van der Waals surface area contributed by atoms with Crippen LogP contribution in [0.15, 0.2) is 36.7 Å². The van der Waals surface area contributed by atoms with E-state index in [9.17, 15) is 12.8 Å². The van der Waals surface area contributed by atoms with Crippen LogP contribution in [-0.2, 0) is 10.0 Å². The molecule has 0 N–H and O–H groups in total. The maximum Gasteiger partial charge on any atom is 0.238 e. The summed E-state index contributed by atoms with van der Waals surface area (Å²) in [6.45, 7) is 2.56. The molecule has 3 rings (SSSR count). The molecule has 2 heterocycles. The molecule has 0 spiro atoms. The van der Waals surface area contributed by atoms with Crippen molar-refractivity contribution in [3.8, 4) is 11.6 Å². The molecule has 1 unspecified atom stereocenters. The molecular weight excluding hydrogens is 345 g/mol. The molecule has 1 saturated heterocycles. The van der Waals surface area contributed by atoms with Crippen LogP contribution in [0.2, 0.25) is 0 Å². The first-order valence-electron chi connectivity index (χ1n) is 8.21. The summed E-state index contributed by atoms with van der Waals surface area (Å²) in [5, 5.41) is 0. The number of hydrogen-bond donors (Lipinski definition) is 0. The summed E-state index contributed by atoms with van der Waals surface area (Å²) in [5.74, 6) is -0.174. The lowest BCUT2D eigenvalue weighted by Crippen LogP contribution is -2.40. The monoisotopic (exact) mass is 365 g/mol. The lowest BCUT2D eigenvalue weighted by molar-refractivity contribution is 0.311. The third-order valence-electron chi connectivity index (χ3n) is 4.24. The first-order chi connectivity index (χ1) is 12.0. The minimum atomic E-state index is -3.22. The normalized spacial score (nSPS) is 18.9. The zero-order valence-corrected chi connectivity index (χ0v) is 14.7. The van der Waals surface area contributed by atoms with Crippen LogP contribution in [0.4, 0.5) is 4.39 Å². The summed E-state index contributed by atoms with van der Waals surface area (Å²) in [7, 11) is -3.22. The predicted molar refractivity (Wildman–Crippen MR) is 91.5 cm³/mol. The molecule has 0 amide bonds. The van der Waals surface area contributed by atoms with Crippen molar-refractivity contribution in [2.45, 2.75) is 25.7 Å². The van der Waals surface area contributed by atoms with Crippen LogP contribution < -0.4 is 4.74 Å². The van der Waals surface area contributed by atoms with Crippen molar-refractivity contribution < 1.29 is 17.5 Å². The average molecular weight is 365 g/mol. The Kier molecular flexibility index (Phi) is 5.29. The zero-order chi connectivity index (χ0) is 17.9. The first-order valence-corrected chi connectivity index (χ1v) is 9.82. The van der Waals surface area contributed by atoms with Gasteiger partial charge in [-0.15, -0.1) is 0 Å². The van der Waals surface area contributed by atoms with E-state index in [0.717, 1.165) is 12.8 Å². The zero-order valence-electron chi connectivity index (χ0n) is 13.9. The molecule has 0 aliphatic carbocycles. The molecule has 1 fully saturated rings. The van der Waals surface area contributed by atoms with E-state index in [0.29, 0.717) is 18.8 Å². The summed E-state index contributed by atoms with van der Waals surface area (Å²) >= 11 is 0. The fourth-order valence-corrected chi connectivity index (χ4v) is 4.05. The molecule has 0 saturated carbocycles. The second-order valence-electron chi connectivity index (χ2n) is 5.91. The van der Waals surface area contributed by atoms with Gasteiger partial charge in [0, 0.05) is 25.2 Å². The van der Waals surface area contributed by atoms with E-state index in [1.807, 2.05) is 0 Å². The van der Waals surface area contributed by atoms with Crippen LogP contribution in [0.5, 0.6) is 11.6 Å². The van der Waals surface area contributed by atoms with Crippen molar-refractivity contribution in [1.82, 2.24) is 14.3 Å². The largest absolute Gasteiger partial charge is 0.434 e. The van der Waals surface area contributed by atoms with E-state index in [-0.39, 0.29) is 23.3 Å². The van der Waals surface area contributed by atoms with Crippen molar-refractivity contribution in [2.75, 3.05) is 18.8 Å². The number of halogens is 1. The average Bonchev–Trinajstić information content (AvgIpc) is 2.64. The SMILES string of the molecule is CCS(=O)(=O)N1CCCC(c2cncc(Oc3ccccc3F)n2)C1. The highest BCUT2D eigenvalue weighted by Gasteiger charge is 2.29. The molecule has 0 radical (unpaired) electrons. The number of hydrogen-bond acceptors (Lipinski definition) is 5. The Morgan fingerprint density at radius 1 is 1.32 bits per heavy atom. The first kappa shape index (κ1) is 17.8. The Labute approximate surface area is 146 Å². The Hall–Kier alpha value is -2.06. The van der Waals surface area contributed by atoms with Gasteiger partial charge in [-0.05, 0) is 31.9 Å². The quantitative estimate of drug-likeness (QED) is 0.815. The van der Waals surface area contributed by atoms with Crippen LogP contribution in [-0.4, -0.2) is 41.5 Å².